The third kappa shape index (κ3) is 3.32. The monoisotopic (exact) mass is 290 g/mol. The third-order valence-electron chi connectivity index (χ3n) is 5.26. The van der Waals surface area contributed by atoms with Crippen molar-refractivity contribution in [2.75, 3.05) is 7.05 Å². The Bertz CT molecular complexity index is 459. The molecule has 0 radical (unpaired) electrons. The van der Waals surface area contributed by atoms with Crippen LogP contribution < -0.4 is 5.32 Å². The summed E-state index contributed by atoms with van der Waals surface area (Å²) >= 11 is 0. The maximum absolute atomic E-state index is 4.49. The molecule has 1 aromatic heterocycles. The standard InChI is InChI=1S/C17H30N4/c1-17(2,3)21-12-13(11-19-21)10-18-14-8-15-6-5-7-16(9-14)20(15)4/h11-12,14-16,18H,5-10H2,1-4H3. The molecule has 4 nitrogen and oxygen atoms in total. The van der Waals surface area contributed by atoms with Crippen molar-refractivity contribution in [2.24, 2.45) is 0 Å². The van der Waals surface area contributed by atoms with Gasteiger partial charge in [0.2, 0.25) is 0 Å². The van der Waals surface area contributed by atoms with Crippen LogP contribution in [-0.4, -0.2) is 39.9 Å². The van der Waals surface area contributed by atoms with E-state index in [4.69, 9.17) is 0 Å². The Morgan fingerprint density at radius 1 is 1.24 bits per heavy atom. The largest absolute Gasteiger partial charge is 0.310 e. The van der Waals surface area contributed by atoms with Crippen LogP contribution in [0.1, 0.15) is 58.4 Å². The van der Waals surface area contributed by atoms with Gasteiger partial charge in [0.1, 0.15) is 0 Å². The molecule has 118 valence electrons. The fraction of sp³-hybridized carbons (Fsp3) is 0.824. The molecule has 2 unspecified atom stereocenters. The molecular weight excluding hydrogens is 260 g/mol. The molecule has 21 heavy (non-hydrogen) atoms. The number of aromatic nitrogens is 2. The van der Waals surface area contributed by atoms with Crippen molar-refractivity contribution in [1.82, 2.24) is 20.0 Å². The minimum atomic E-state index is 0.0722. The Balaban J connectivity index is 1.55. The predicted octanol–water partition coefficient (Wildman–Crippen LogP) is 2.74. The van der Waals surface area contributed by atoms with Gasteiger partial charge in [-0.2, -0.15) is 5.10 Å². The maximum atomic E-state index is 4.49. The summed E-state index contributed by atoms with van der Waals surface area (Å²) in [5.41, 5.74) is 1.37. The van der Waals surface area contributed by atoms with Gasteiger partial charge in [-0.25, -0.2) is 0 Å². The fourth-order valence-electron chi connectivity index (χ4n) is 3.86. The Kier molecular flexibility index (Phi) is 4.10. The van der Waals surface area contributed by atoms with Crippen LogP contribution in [0.3, 0.4) is 0 Å². The summed E-state index contributed by atoms with van der Waals surface area (Å²) in [4.78, 5) is 2.62. The molecule has 0 amide bonds. The lowest BCUT2D eigenvalue weighted by Crippen LogP contribution is -2.54. The van der Waals surface area contributed by atoms with E-state index in [2.05, 4.69) is 54.0 Å². The fourth-order valence-corrected chi connectivity index (χ4v) is 3.86. The summed E-state index contributed by atoms with van der Waals surface area (Å²) in [5.74, 6) is 0. The Morgan fingerprint density at radius 2 is 1.90 bits per heavy atom. The second-order valence-corrected chi connectivity index (χ2v) is 7.92. The molecule has 2 aliphatic rings. The van der Waals surface area contributed by atoms with E-state index in [1.54, 1.807) is 0 Å². The van der Waals surface area contributed by atoms with Gasteiger partial charge in [-0.1, -0.05) is 6.42 Å². The minimum absolute atomic E-state index is 0.0722. The van der Waals surface area contributed by atoms with E-state index in [0.717, 1.165) is 18.6 Å². The minimum Gasteiger partial charge on any atom is -0.310 e. The first kappa shape index (κ1) is 15.0. The zero-order valence-corrected chi connectivity index (χ0v) is 14.0. The van der Waals surface area contributed by atoms with Crippen LogP contribution in [0.15, 0.2) is 12.4 Å². The van der Waals surface area contributed by atoms with Crippen molar-refractivity contribution in [3.05, 3.63) is 18.0 Å². The van der Waals surface area contributed by atoms with Gasteiger partial charge >= 0.3 is 0 Å². The van der Waals surface area contributed by atoms with Crippen LogP contribution in [0.2, 0.25) is 0 Å². The summed E-state index contributed by atoms with van der Waals surface area (Å²) in [6.45, 7) is 7.52. The van der Waals surface area contributed by atoms with Crippen molar-refractivity contribution >= 4 is 0 Å². The molecule has 3 rings (SSSR count). The third-order valence-corrected chi connectivity index (χ3v) is 5.26. The first-order valence-corrected chi connectivity index (χ1v) is 8.43. The van der Waals surface area contributed by atoms with Crippen molar-refractivity contribution in [2.45, 2.75) is 83.1 Å². The Labute approximate surface area is 128 Å². The van der Waals surface area contributed by atoms with E-state index in [1.807, 2.05) is 6.20 Å². The lowest BCUT2D eigenvalue weighted by molar-refractivity contribution is 0.0482. The number of hydrogen-bond acceptors (Lipinski definition) is 3. The lowest BCUT2D eigenvalue weighted by Gasteiger charge is -2.47. The number of hydrogen-bond donors (Lipinski definition) is 1. The highest BCUT2D eigenvalue weighted by Crippen LogP contribution is 2.32. The van der Waals surface area contributed by atoms with Gasteiger partial charge in [0.15, 0.2) is 0 Å². The van der Waals surface area contributed by atoms with Gasteiger partial charge in [-0.3, -0.25) is 4.68 Å². The topological polar surface area (TPSA) is 33.1 Å². The summed E-state index contributed by atoms with van der Waals surface area (Å²) < 4.78 is 2.06. The SMILES string of the molecule is CN1C2CCCC1CC(NCc1cnn(C(C)(C)C)c1)C2. The number of fused-ring (bicyclic) bond motifs is 2. The van der Waals surface area contributed by atoms with Gasteiger partial charge < -0.3 is 10.2 Å². The van der Waals surface area contributed by atoms with Crippen LogP contribution in [-0.2, 0) is 12.1 Å². The first-order valence-electron chi connectivity index (χ1n) is 8.43. The molecule has 0 saturated carbocycles. The highest BCUT2D eigenvalue weighted by Gasteiger charge is 2.35. The second kappa shape index (κ2) is 5.73. The number of rotatable bonds is 3. The van der Waals surface area contributed by atoms with E-state index >= 15 is 0 Å². The average Bonchev–Trinajstić information content (AvgIpc) is 2.85. The molecule has 0 aliphatic carbocycles. The first-order chi connectivity index (χ1) is 9.93. The van der Waals surface area contributed by atoms with Crippen LogP contribution in [0, 0.1) is 0 Å². The van der Waals surface area contributed by atoms with Crippen LogP contribution in [0.25, 0.3) is 0 Å². The van der Waals surface area contributed by atoms with Gasteiger partial charge in [-0.05, 0) is 53.5 Å². The molecule has 2 atom stereocenters. The normalized spacial score (nSPS) is 30.6. The summed E-state index contributed by atoms with van der Waals surface area (Å²) in [6, 6.07) is 2.27. The maximum Gasteiger partial charge on any atom is 0.0543 e. The molecule has 0 spiro atoms. The Hall–Kier alpha value is -0.870. The molecule has 2 bridgehead atoms. The molecule has 1 aromatic rings. The summed E-state index contributed by atoms with van der Waals surface area (Å²) in [6.07, 6.45) is 11.0. The van der Waals surface area contributed by atoms with Crippen molar-refractivity contribution in [3.63, 3.8) is 0 Å². The number of nitrogens with zero attached hydrogens (tertiary/aromatic N) is 3. The second-order valence-electron chi connectivity index (χ2n) is 7.92. The molecule has 2 fully saturated rings. The van der Waals surface area contributed by atoms with Crippen LogP contribution in [0.5, 0.6) is 0 Å². The van der Waals surface area contributed by atoms with Crippen molar-refractivity contribution in [3.8, 4) is 0 Å². The van der Waals surface area contributed by atoms with E-state index in [1.165, 1.54) is 37.7 Å². The number of piperidine rings is 2. The highest BCUT2D eigenvalue weighted by molar-refractivity contribution is 5.05. The zero-order valence-electron chi connectivity index (χ0n) is 14.0. The van der Waals surface area contributed by atoms with E-state index < -0.39 is 0 Å². The molecule has 2 aliphatic heterocycles. The van der Waals surface area contributed by atoms with E-state index in [-0.39, 0.29) is 5.54 Å². The highest BCUT2D eigenvalue weighted by atomic mass is 15.3. The van der Waals surface area contributed by atoms with Crippen molar-refractivity contribution in [1.29, 1.82) is 0 Å². The molecule has 3 heterocycles. The van der Waals surface area contributed by atoms with Gasteiger partial charge in [0.25, 0.3) is 0 Å². The van der Waals surface area contributed by atoms with Crippen LogP contribution >= 0.6 is 0 Å². The quantitative estimate of drug-likeness (QED) is 0.929. The molecule has 4 heteroatoms. The molecule has 1 N–H and O–H groups in total. The molecular formula is C17H30N4. The molecule has 2 saturated heterocycles. The zero-order chi connectivity index (χ0) is 15.0. The van der Waals surface area contributed by atoms with E-state index in [9.17, 15) is 0 Å². The Morgan fingerprint density at radius 3 is 2.48 bits per heavy atom. The number of nitrogens with one attached hydrogen (secondary N) is 1. The smallest absolute Gasteiger partial charge is 0.0543 e. The van der Waals surface area contributed by atoms with E-state index in [0.29, 0.717) is 6.04 Å². The predicted molar refractivity (Wildman–Crippen MR) is 86.3 cm³/mol. The van der Waals surface area contributed by atoms with Gasteiger partial charge in [-0.15, -0.1) is 0 Å². The summed E-state index contributed by atoms with van der Waals surface area (Å²) in [7, 11) is 2.32. The summed E-state index contributed by atoms with van der Waals surface area (Å²) in [5, 5.41) is 8.26. The van der Waals surface area contributed by atoms with Gasteiger partial charge in [0.05, 0.1) is 11.7 Å². The van der Waals surface area contributed by atoms with Crippen LogP contribution in [0.4, 0.5) is 0 Å². The van der Waals surface area contributed by atoms with Gasteiger partial charge in [0, 0.05) is 36.4 Å². The lowest BCUT2D eigenvalue weighted by atomic mass is 9.82. The average molecular weight is 290 g/mol. The molecule has 0 aromatic carbocycles. The van der Waals surface area contributed by atoms with Crippen molar-refractivity contribution < 1.29 is 0 Å².